The Morgan fingerprint density at radius 3 is 2.42 bits per heavy atom. The summed E-state index contributed by atoms with van der Waals surface area (Å²) in [6, 6.07) is 15.0. The highest BCUT2D eigenvalue weighted by Gasteiger charge is 2.16. The number of hydrogen-bond donors (Lipinski definition) is 2. The second kappa shape index (κ2) is 8.89. The van der Waals surface area contributed by atoms with Crippen LogP contribution in [0.25, 0.3) is 21.3 Å². The minimum Gasteiger partial charge on any atom is -0.340 e. The van der Waals surface area contributed by atoms with Crippen LogP contribution >= 0.6 is 22.7 Å². The second-order valence-electron chi connectivity index (χ2n) is 7.19. The van der Waals surface area contributed by atoms with Crippen molar-refractivity contribution in [2.24, 2.45) is 0 Å². The summed E-state index contributed by atoms with van der Waals surface area (Å²) in [4.78, 5) is 13.9. The van der Waals surface area contributed by atoms with Gasteiger partial charge in [0, 0.05) is 28.2 Å². The highest BCUT2D eigenvalue weighted by atomic mass is 32.2. The highest BCUT2D eigenvalue weighted by molar-refractivity contribution is 7.93. The average molecular weight is 494 g/mol. The van der Waals surface area contributed by atoms with Crippen LogP contribution in [0.2, 0.25) is 0 Å². The predicted octanol–water partition coefficient (Wildman–Crippen LogP) is 5.92. The van der Waals surface area contributed by atoms with Crippen molar-refractivity contribution >= 4 is 59.6 Å². The molecular formula is C23H19N5O2S3. The van der Waals surface area contributed by atoms with E-state index in [1.807, 2.05) is 0 Å². The lowest BCUT2D eigenvalue weighted by Crippen LogP contribution is -2.12. The number of sulfonamides is 1. The normalized spacial score (nSPS) is 11.5. The Morgan fingerprint density at radius 1 is 0.939 bits per heavy atom. The molecule has 0 unspecified atom stereocenters. The molecule has 33 heavy (non-hydrogen) atoms. The first-order valence-corrected chi connectivity index (χ1v) is 13.4. The fourth-order valence-electron chi connectivity index (χ4n) is 3.40. The van der Waals surface area contributed by atoms with E-state index in [1.165, 1.54) is 23.2 Å². The van der Waals surface area contributed by atoms with Gasteiger partial charge in [0.1, 0.15) is 17.0 Å². The number of anilines is 3. The Hall–Kier alpha value is -3.34. The van der Waals surface area contributed by atoms with E-state index in [4.69, 9.17) is 0 Å². The minimum absolute atomic E-state index is 0.156. The Labute approximate surface area is 199 Å². The quantitative estimate of drug-likeness (QED) is 0.292. The SMILES string of the molecule is CCc1ccc(-c2csc3ncnc(Nc4ccc(S(=O)(=O)Nc5nccs5)cc4)c23)cc1. The van der Waals surface area contributed by atoms with Gasteiger partial charge in [-0.3, -0.25) is 4.72 Å². The maximum absolute atomic E-state index is 12.6. The molecule has 3 aromatic heterocycles. The number of aryl methyl sites for hydroxylation is 1. The number of rotatable bonds is 7. The Bertz CT molecular complexity index is 1490. The number of thiophene rings is 1. The molecule has 5 rings (SSSR count). The number of thiazole rings is 1. The van der Waals surface area contributed by atoms with Crippen LogP contribution in [0.4, 0.5) is 16.6 Å². The molecule has 0 aliphatic carbocycles. The summed E-state index contributed by atoms with van der Waals surface area (Å²) in [5.41, 5.74) is 4.17. The van der Waals surface area contributed by atoms with Gasteiger partial charge in [-0.2, -0.15) is 0 Å². The topological polar surface area (TPSA) is 96.9 Å². The Kier molecular flexibility index (Phi) is 5.79. The van der Waals surface area contributed by atoms with E-state index in [0.29, 0.717) is 10.9 Å². The molecule has 10 heteroatoms. The van der Waals surface area contributed by atoms with Gasteiger partial charge in [-0.1, -0.05) is 31.2 Å². The van der Waals surface area contributed by atoms with E-state index in [2.05, 4.69) is 61.6 Å². The van der Waals surface area contributed by atoms with Gasteiger partial charge in [0.15, 0.2) is 5.13 Å². The summed E-state index contributed by atoms with van der Waals surface area (Å²) >= 11 is 2.79. The molecule has 0 atom stereocenters. The highest BCUT2D eigenvalue weighted by Crippen LogP contribution is 2.37. The number of fused-ring (bicyclic) bond motifs is 1. The molecule has 2 aromatic carbocycles. The lowest BCUT2D eigenvalue weighted by Gasteiger charge is -2.10. The maximum atomic E-state index is 12.6. The van der Waals surface area contributed by atoms with E-state index < -0.39 is 10.0 Å². The van der Waals surface area contributed by atoms with Gasteiger partial charge < -0.3 is 5.32 Å². The molecule has 166 valence electrons. The maximum Gasteiger partial charge on any atom is 0.263 e. The molecular weight excluding hydrogens is 474 g/mol. The standard InChI is InChI=1S/C23H19N5O2S3/c1-2-15-3-5-16(6-4-15)19-13-32-22-20(19)21(25-14-26-22)27-17-7-9-18(10-8-17)33(29,30)28-23-24-11-12-31-23/h3-14H,2H2,1H3,(H,24,28)(H,25,26,27). The fraction of sp³-hybridized carbons (Fsp3) is 0.0870. The van der Waals surface area contributed by atoms with E-state index in [-0.39, 0.29) is 4.90 Å². The van der Waals surface area contributed by atoms with Crippen molar-refractivity contribution in [2.75, 3.05) is 10.0 Å². The number of benzene rings is 2. The van der Waals surface area contributed by atoms with E-state index in [0.717, 1.165) is 33.5 Å². The van der Waals surface area contributed by atoms with E-state index in [9.17, 15) is 8.42 Å². The van der Waals surface area contributed by atoms with Crippen LogP contribution in [0, 0.1) is 0 Å². The molecule has 3 heterocycles. The molecule has 0 fully saturated rings. The number of nitrogens with one attached hydrogen (secondary N) is 2. The van der Waals surface area contributed by atoms with Crippen LogP contribution in [0.5, 0.6) is 0 Å². The molecule has 7 nitrogen and oxygen atoms in total. The summed E-state index contributed by atoms with van der Waals surface area (Å²) < 4.78 is 27.6. The predicted molar refractivity (Wildman–Crippen MR) is 135 cm³/mol. The van der Waals surface area contributed by atoms with Gasteiger partial charge in [0.2, 0.25) is 0 Å². The van der Waals surface area contributed by atoms with Crippen molar-refractivity contribution in [2.45, 2.75) is 18.2 Å². The van der Waals surface area contributed by atoms with Gasteiger partial charge in [0.25, 0.3) is 10.0 Å². The van der Waals surface area contributed by atoms with Gasteiger partial charge in [-0.15, -0.1) is 22.7 Å². The van der Waals surface area contributed by atoms with Crippen molar-refractivity contribution in [3.05, 3.63) is 77.4 Å². The zero-order valence-electron chi connectivity index (χ0n) is 17.5. The van der Waals surface area contributed by atoms with Gasteiger partial charge in [0.05, 0.1) is 10.3 Å². The average Bonchev–Trinajstić information content (AvgIpc) is 3.50. The third-order valence-electron chi connectivity index (χ3n) is 5.12. The molecule has 2 N–H and O–H groups in total. The molecule has 5 aromatic rings. The van der Waals surface area contributed by atoms with Crippen LogP contribution in [0.1, 0.15) is 12.5 Å². The monoisotopic (exact) mass is 493 g/mol. The number of aromatic nitrogens is 3. The summed E-state index contributed by atoms with van der Waals surface area (Å²) in [6.07, 6.45) is 4.07. The summed E-state index contributed by atoms with van der Waals surface area (Å²) in [7, 11) is -3.70. The van der Waals surface area contributed by atoms with Crippen molar-refractivity contribution in [3.8, 4) is 11.1 Å². The van der Waals surface area contributed by atoms with Crippen molar-refractivity contribution in [3.63, 3.8) is 0 Å². The van der Waals surface area contributed by atoms with Gasteiger partial charge in [-0.25, -0.2) is 23.4 Å². The fourth-order valence-corrected chi connectivity index (χ4v) is 6.11. The first-order chi connectivity index (χ1) is 16.0. The third-order valence-corrected chi connectivity index (χ3v) is 8.18. The summed E-state index contributed by atoms with van der Waals surface area (Å²) in [6.45, 7) is 2.14. The molecule has 0 aliphatic heterocycles. The smallest absolute Gasteiger partial charge is 0.263 e. The summed E-state index contributed by atoms with van der Waals surface area (Å²) in [5, 5.41) is 8.39. The molecule has 0 radical (unpaired) electrons. The largest absolute Gasteiger partial charge is 0.340 e. The van der Waals surface area contributed by atoms with Crippen molar-refractivity contribution < 1.29 is 8.42 Å². The van der Waals surface area contributed by atoms with Gasteiger partial charge in [-0.05, 0) is 41.8 Å². The first kappa shape index (κ1) is 21.5. The zero-order valence-corrected chi connectivity index (χ0v) is 20.0. The Balaban J connectivity index is 1.44. The zero-order chi connectivity index (χ0) is 22.8. The minimum atomic E-state index is -3.70. The molecule has 0 aliphatic rings. The molecule has 0 amide bonds. The second-order valence-corrected chi connectivity index (χ2v) is 10.6. The first-order valence-electron chi connectivity index (χ1n) is 10.1. The molecule has 0 spiro atoms. The third kappa shape index (κ3) is 4.45. The van der Waals surface area contributed by atoms with Crippen LogP contribution in [-0.2, 0) is 16.4 Å². The van der Waals surface area contributed by atoms with Crippen molar-refractivity contribution in [1.29, 1.82) is 0 Å². The van der Waals surface area contributed by atoms with Crippen molar-refractivity contribution in [1.82, 2.24) is 15.0 Å². The number of hydrogen-bond acceptors (Lipinski definition) is 8. The lowest BCUT2D eigenvalue weighted by molar-refractivity contribution is 0.601. The Morgan fingerprint density at radius 2 is 1.73 bits per heavy atom. The molecule has 0 saturated heterocycles. The van der Waals surface area contributed by atoms with E-state index >= 15 is 0 Å². The van der Waals surface area contributed by atoms with Crippen LogP contribution in [0.15, 0.2) is 76.7 Å². The summed E-state index contributed by atoms with van der Waals surface area (Å²) in [5.74, 6) is 0.673. The lowest BCUT2D eigenvalue weighted by atomic mass is 10.0. The molecule has 0 bridgehead atoms. The van der Waals surface area contributed by atoms with E-state index in [1.54, 1.807) is 47.2 Å². The van der Waals surface area contributed by atoms with Crippen LogP contribution in [0.3, 0.4) is 0 Å². The van der Waals surface area contributed by atoms with Crippen LogP contribution < -0.4 is 10.0 Å². The van der Waals surface area contributed by atoms with Crippen LogP contribution in [-0.4, -0.2) is 23.4 Å². The number of nitrogens with zero attached hydrogens (tertiary/aromatic N) is 3. The molecule has 0 saturated carbocycles. The van der Waals surface area contributed by atoms with Gasteiger partial charge >= 0.3 is 0 Å².